The molecule has 5 rings (SSSR count). The molecular formula is C25H26FN5O2. The molecule has 1 saturated carbocycles. The summed E-state index contributed by atoms with van der Waals surface area (Å²) in [4.78, 5) is 4.25. The molecule has 3 atom stereocenters. The van der Waals surface area contributed by atoms with Crippen molar-refractivity contribution in [2.24, 2.45) is 0 Å². The van der Waals surface area contributed by atoms with Crippen LogP contribution < -0.4 is 10.1 Å². The van der Waals surface area contributed by atoms with Crippen LogP contribution in [0.4, 0.5) is 4.39 Å². The van der Waals surface area contributed by atoms with Crippen molar-refractivity contribution in [1.82, 2.24) is 24.9 Å². The van der Waals surface area contributed by atoms with Crippen molar-refractivity contribution in [2.75, 3.05) is 7.05 Å². The number of ether oxygens (including phenoxy) is 1. The Labute approximate surface area is 191 Å². The highest BCUT2D eigenvalue weighted by atomic mass is 19.1. The van der Waals surface area contributed by atoms with Crippen LogP contribution in [0.2, 0.25) is 0 Å². The summed E-state index contributed by atoms with van der Waals surface area (Å²) in [7, 11) is 1.89. The standard InChI is InChI=1S/C25H26FN5O2/c1-27-18-3-2-4-20(26)23(14-18)33-25-10-8-21(29-30-25)19-7-5-16(13-22(19)32)17-6-9-24-28-11-12-31(24)15-17/h5-13,15,18,20,23,27,32H,2-4,14H2,1H3/t18?,20-,23+/m1/s1. The largest absolute Gasteiger partial charge is 0.507 e. The molecule has 7 nitrogen and oxygen atoms in total. The van der Waals surface area contributed by atoms with Crippen LogP contribution >= 0.6 is 0 Å². The van der Waals surface area contributed by atoms with Crippen molar-refractivity contribution in [1.29, 1.82) is 0 Å². The van der Waals surface area contributed by atoms with Gasteiger partial charge in [-0.25, -0.2) is 9.37 Å². The molecule has 170 valence electrons. The van der Waals surface area contributed by atoms with Gasteiger partial charge < -0.3 is 19.6 Å². The number of rotatable bonds is 5. The van der Waals surface area contributed by atoms with E-state index in [9.17, 15) is 9.50 Å². The molecule has 0 saturated heterocycles. The molecule has 1 fully saturated rings. The first-order chi connectivity index (χ1) is 16.1. The fraction of sp³-hybridized carbons (Fsp3) is 0.320. The summed E-state index contributed by atoms with van der Waals surface area (Å²) in [5, 5.41) is 22.2. The first-order valence-electron chi connectivity index (χ1n) is 11.2. The van der Waals surface area contributed by atoms with Gasteiger partial charge in [-0.2, -0.15) is 0 Å². The van der Waals surface area contributed by atoms with E-state index < -0.39 is 12.3 Å². The molecule has 3 heterocycles. The monoisotopic (exact) mass is 447 g/mol. The number of aromatic nitrogens is 4. The van der Waals surface area contributed by atoms with Crippen molar-refractivity contribution in [3.05, 3.63) is 61.1 Å². The molecule has 1 unspecified atom stereocenters. The van der Waals surface area contributed by atoms with Crippen molar-refractivity contribution in [2.45, 2.75) is 44.0 Å². The molecule has 1 aliphatic carbocycles. The number of imidazole rings is 1. The summed E-state index contributed by atoms with van der Waals surface area (Å²) in [5.74, 6) is 0.388. The number of alkyl halides is 1. The Balaban J connectivity index is 1.33. The van der Waals surface area contributed by atoms with Crippen LogP contribution in [0, 0.1) is 0 Å². The van der Waals surface area contributed by atoms with E-state index >= 15 is 0 Å². The predicted molar refractivity (Wildman–Crippen MR) is 124 cm³/mol. The van der Waals surface area contributed by atoms with Gasteiger partial charge in [0.1, 0.15) is 23.7 Å². The third-order valence-corrected chi connectivity index (χ3v) is 6.27. The maximum atomic E-state index is 14.5. The maximum absolute atomic E-state index is 14.5. The number of phenols is 1. The van der Waals surface area contributed by atoms with Crippen LogP contribution in [0.3, 0.4) is 0 Å². The van der Waals surface area contributed by atoms with Crippen LogP contribution in [-0.2, 0) is 0 Å². The third-order valence-electron chi connectivity index (χ3n) is 6.27. The van der Waals surface area contributed by atoms with E-state index in [0.29, 0.717) is 24.1 Å². The Bertz CT molecular complexity index is 1240. The highest BCUT2D eigenvalue weighted by molar-refractivity contribution is 5.74. The molecule has 8 heteroatoms. The fourth-order valence-electron chi connectivity index (χ4n) is 4.38. The lowest BCUT2D eigenvalue weighted by Gasteiger charge is -2.22. The van der Waals surface area contributed by atoms with Gasteiger partial charge in [0.25, 0.3) is 0 Å². The van der Waals surface area contributed by atoms with Crippen LogP contribution in [0.1, 0.15) is 25.7 Å². The Morgan fingerprint density at radius 2 is 1.97 bits per heavy atom. The number of aromatic hydroxyl groups is 1. The second-order valence-electron chi connectivity index (χ2n) is 8.42. The number of nitrogens with zero attached hydrogens (tertiary/aromatic N) is 4. The fourth-order valence-corrected chi connectivity index (χ4v) is 4.38. The van der Waals surface area contributed by atoms with Gasteiger partial charge in [0, 0.05) is 42.7 Å². The van der Waals surface area contributed by atoms with Gasteiger partial charge in [-0.15, -0.1) is 10.2 Å². The quantitative estimate of drug-likeness (QED) is 0.441. The number of halogens is 1. The summed E-state index contributed by atoms with van der Waals surface area (Å²) < 4.78 is 22.3. The smallest absolute Gasteiger partial charge is 0.233 e. The molecule has 0 radical (unpaired) electrons. The van der Waals surface area contributed by atoms with E-state index in [4.69, 9.17) is 4.74 Å². The maximum Gasteiger partial charge on any atom is 0.233 e. The highest BCUT2D eigenvalue weighted by Crippen LogP contribution is 2.33. The second-order valence-corrected chi connectivity index (χ2v) is 8.42. The van der Waals surface area contributed by atoms with Crippen molar-refractivity contribution in [3.8, 4) is 34.0 Å². The van der Waals surface area contributed by atoms with Crippen LogP contribution in [0.15, 0.2) is 61.1 Å². The lowest BCUT2D eigenvalue weighted by molar-refractivity contribution is 0.0837. The van der Waals surface area contributed by atoms with E-state index in [1.807, 2.05) is 48.1 Å². The normalized spacial score (nSPS) is 21.1. The Kier molecular flexibility index (Phi) is 5.92. The number of hydrogen-bond donors (Lipinski definition) is 2. The van der Waals surface area contributed by atoms with E-state index in [2.05, 4.69) is 20.5 Å². The third kappa shape index (κ3) is 4.52. The molecule has 2 N–H and O–H groups in total. The molecule has 1 aliphatic rings. The van der Waals surface area contributed by atoms with E-state index in [0.717, 1.165) is 29.6 Å². The first-order valence-corrected chi connectivity index (χ1v) is 11.2. The zero-order valence-electron chi connectivity index (χ0n) is 18.4. The Hall–Kier alpha value is -3.52. The van der Waals surface area contributed by atoms with Gasteiger partial charge in [-0.05, 0) is 67.8 Å². The summed E-state index contributed by atoms with van der Waals surface area (Å²) in [6, 6.07) is 13.0. The van der Waals surface area contributed by atoms with Gasteiger partial charge in [-0.3, -0.25) is 0 Å². The average Bonchev–Trinajstić information content (AvgIpc) is 3.23. The second kappa shape index (κ2) is 9.15. The van der Waals surface area contributed by atoms with E-state index in [1.54, 1.807) is 24.4 Å². The first kappa shape index (κ1) is 21.3. The molecule has 0 aliphatic heterocycles. The number of phenolic OH excluding ortho intramolecular Hbond substituents is 1. The molecule has 3 aromatic heterocycles. The van der Waals surface area contributed by atoms with Crippen LogP contribution in [0.25, 0.3) is 28.0 Å². The van der Waals surface area contributed by atoms with Crippen molar-refractivity contribution >= 4 is 5.65 Å². The number of fused-ring (bicyclic) bond motifs is 1. The average molecular weight is 448 g/mol. The van der Waals surface area contributed by atoms with E-state index in [1.165, 1.54) is 0 Å². The van der Waals surface area contributed by atoms with Gasteiger partial charge >= 0.3 is 0 Å². The molecule has 0 amide bonds. The molecule has 1 aromatic carbocycles. The Morgan fingerprint density at radius 1 is 1.09 bits per heavy atom. The summed E-state index contributed by atoms with van der Waals surface area (Å²) in [6.45, 7) is 0. The van der Waals surface area contributed by atoms with Crippen LogP contribution in [0.5, 0.6) is 11.6 Å². The lowest BCUT2D eigenvalue weighted by Crippen LogP contribution is -2.35. The van der Waals surface area contributed by atoms with E-state index in [-0.39, 0.29) is 17.7 Å². The summed E-state index contributed by atoms with van der Waals surface area (Å²) in [5.41, 5.74) is 3.78. The molecule has 0 spiro atoms. The minimum Gasteiger partial charge on any atom is -0.507 e. The van der Waals surface area contributed by atoms with Gasteiger partial charge in [0.15, 0.2) is 0 Å². The minimum absolute atomic E-state index is 0.102. The zero-order chi connectivity index (χ0) is 22.8. The predicted octanol–water partition coefficient (Wildman–Crippen LogP) is 4.41. The van der Waals surface area contributed by atoms with Crippen LogP contribution in [-0.4, -0.2) is 50.1 Å². The minimum atomic E-state index is -1.03. The van der Waals surface area contributed by atoms with Crippen molar-refractivity contribution in [3.63, 3.8) is 0 Å². The number of benzene rings is 1. The molecule has 33 heavy (non-hydrogen) atoms. The van der Waals surface area contributed by atoms with Gasteiger partial charge in [0.05, 0.1) is 5.69 Å². The molecular weight excluding hydrogens is 421 g/mol. The zero-order valence-corrected chi connectivity index (χ0v) is 18.4. The molecule has 4 aromatic rings. The van der Waals surface area contributed by atoms with Crippen molar-refractivity contribution < 1.29 is 14.2 Å². The van der Waals surface area contributed by atoms with Gasteiger partial charge in [-0.1, -0.05) is 6.07 Å². The Morgan fingerprint density at radius 3 is 2.76 bits per heavy atom. The number of pyridine rings is 1. The molecule has 0 bridgehead atoms. The number of nitrogens with one attached hydrogen (secondary N) is 1. The summed E-state index contributed by atoms with van der Waals surface area (Å²) >= 11 is 0. The summed E-state index contributed by atoms with van der Waals surface area (Å²) in [6.07, 6.45) is 6.87. The van der Waals surface area contributed by atoms with Gasteiger partial charge in [0.2, 0.25) is 5.88 Å². The topological polar surface area (TPSA) is 84.6 Å². The number of hydrogen-bond acceptors (Lipinski definition) is 6. The SMILES string of the molecule is CNC1CCC[C@@H](F)[C@@H](Oc2ccc(-c3ccc(-c4ccc5nccn5c4)cc3O)nn2)C1. The lowest BCUT2D eigenvalue weighted by atomic mass is 10.0. The highest BCUT2D eigenvalue weighted by Gasteiger charge is 2.29.